The van der Waals surface area contributed by atoms with Gasteiger partial charge in [-0.3, -0.25) is 4.98 Å². The van der Waals surface area contributed by atoms with Crippen molar-refractivity contribution in [2.75, 3.05) is 6.54 Å². The van der Waals surface area contributed by atoms with E-state index in [1.54, 1.807) is 0 Å². The van der Waals surface area contributed by atoms with Crippen LogP contribution in [0.2, 0.25) is 0 Å². The monoisotopic (exact) mass is 220 g/mol. The maximum Gasteiger partial charge on any atom is 0.0419 e. The van der Waals surface area contributed by atoms with Gasteiger partial charge in [0.15, 0.2) is 0 Å². The van der Waals surface area contributed by atoms with Crippen LogP contribution in [0.5, 0.6) is 0 Å². The highest BCUT2D eigenvalue weighted by molar-refractivity contribution is 5.05. The fraction of sp³-hybridized carbons (Fsp3) is 0.643. The van der Waals surface area contributed by atoms with Crippen LogP contribution in [0.15, 0.2) is 24.4 Å². The van der Waals surface area contributed by atoms with Crippen molar-refractivity contribution in [3.8, 4) is 0 Å². The molecule has 0 fully saturated rings. The van der Waals surface area contributed by atoms with Gasteiger partial charge in [-0.1, -0.05) is 32.8 Å². The van der Waals surface area contributed by atoms with Gasteiger partial charge < -0.3 is 5.32 Å². The van der Waals surface area contributed by atoms with Crippen molar-refractivity contribution >= 4 is 0 Å². The number of hydrogen-bond acceptors (Lipinski definition) is 2. The van der Waals surface area contributed by atoms with Crippen LogP contribution in [0.1, 0.15) is 45.2 Å². The lowest BCUT2D eigenvalue weighted by molar-refractivity contribution is 0.458. The van der Waals surface area contributed by atoms with Gasteiger partial charge >= 0.3 is 0 Å². The van der Waals surface area contributed by atoms with E-state index in [4.69, 9.17) is 0 Å². The van der Waals surface area contributed by atoms with E-state index in [1.807, 2.05) is 12.3 Å². The smallest absolute Gasteiger partial charge is 0.0419 e. The summed E-state index contributed by atoms with van der Waals surface area (Å²) in [6, 6.07) is 6.75. The second kappa shape index (κ2) is 8.28. The van der Waals surface area contributed by atoms with Gasteiger partial charge in [-0.2, -0.15) is 0 Å². The first-order valence-electron chi connectivity index (χ1n) is 6.50. The molecule has 0 bridgehead atoms. The van der Waals surface area contributed by atoms with Gasteiger partial charge in [0.05, 0.1) is 0 Å². The van der Waals surface area contributed by atoms with Crippen molar-refractivity contribution in [3.63, 3.8) is 0 Å². The molecule has 1 rings (SSSR count). The molecule has 0 saturated carbocycles. The van der Waals surface area contributed by atoms with Gasteiger partial charge in [-0.25, -0.2) is 0 Å². The van der Waals surface area contributed by atoms with Crippen LogP contribution in [0.3, 0.4) is 0 Å². The number of aromatic nitrogens is 1. The molecule has 0 spiro atoms. The highest BCUT2D eigenvalue weighted by Crippen LogP contribution is 2.07. The summed E-state index contributed by atoms with van der Waals surface area (Å²) in [5.74, 6) is 0. The van der Waals surface area contributed by atoms with Crippen LogP contribution in [0.4, 0.5) is 0 Å². The van der Waals surface area contributed by atoms with E-state index in [0.717, 1.165) is 13.0 Å². The van der Waals surface area contributed by atoms with E-state index in [-0.39, 0.29) is 0 Å². The standard InChI is InChI=1S/C14H24N2/c1-3-5-8-13(15-10-4-2)12-14-9-6-7-11-16-14/h6-7,9,11,13,15H,3-5,8,10,12H2,1-2H3. The Kier molecular flexibility index (Phi) is 6.82. The summed E-state index contributed by atoms with van der Waals surface area (Å²) in [7, 11) is 0. The molecule has 1 aromatic heterocycles. The van der Waals surface area contributed by atoms with Crippen LogP contribution in [0, 0.1) is 0 Å². The van der Waals surface area contributed by atoms with Gasteiger partial charge in [-0.05, 0) is 31.5 Å². The van der Waals surface area contributed by atoms with Crippen LogP contribution in [-0.4, -0.2) is 17.6 Å². The summed E-state index contributed by atoms with van der Waals surface area (Å²) in [5.41, 5.74) is 1.20. The molecule has 2 nitrogen and oxygen atoms in total. The summed E-state index contributed by atoms with van der Waals surface area (Å²) in [6.07, 6.45) is 7.96. The molecule has 1 unspecified atom stereocenters. The van der Waals surface area contributed by atoms with Crippen molar-refractivity contribution in [2.45, 2.75) is 52.0 Å². The third kappa shape index (κ3) is 5.26. The van der Waals surface area contributed by atoms with E-state index in [1.165, 1.54) is 31.4 Å². The molecule has 0 saturated heterocycles. The third-order valence-electron chi connectivity index (χ3n) is 2.77. The quantitative estimate of drug-likeness (QED) is 0.728. The second-order valence-electron chi connectivity index (χ2n) is 4.32. The molecule has 0 aliphatic heterocycles. The SMILES string of the molecule is CCCCC(Cc1ccccn1)NCCC. The Hall–Kier alpha value is -0.890. The van der Waals surface area contributed by atoms with E-state index < -0.39 is 0 Å². The molecule has 0 radical (unpaired) electrons. The first-order valence-corrected chi connectivity index (χ1v) is 6.50. The van der Waals surface area contributed by atoms with E-state index in [0.29, 0.717) is 6.04 Å². The van der Waals surface area contributed by atoms with E-state index in [9.17, 15) is 0 Å². The van der Waals surface area contributed by atoms with Gasteiger partial charge in [0.25, 0.3) is 0 Å². The number of hydrogen-bond donors (Lipinski definition) is 1. The largest absolute Gasteiger partial charge is 0.314 e. The molecule has 2 heteroatoms. The van der Waals surface area contributed by atoms with Crippen molar-refractivity contribution in [1.29, 1.82) is 0 Å². The number of pyridine rings is 1. The van der Waals surface area contributed by atoms with E-state index >= 15 is 0 Å². The zero-order valence-electron chi connectivity index (χ0n) is 10.6. The summed E-state index contributed by atoms with van der Waals surface area (Å²) in [5, 5.41) is 3.61. The average Bonchev–Trinajstić information content (AvgIpc) is 2.34. The predicted molar refractivity (Wildman–Crippen MR) is 69.5 cm³/mol. The normalized spacial score (nSPS) is 12.6. The molecule has 90 valence electrons. The Labute approximate surface area is 99.5 Å². The van der Waals surface area contributed by atoms with Gasteiger partial charge in [-0.15, -0.1) is 0 Å². The maximum atomic E-state index is 4.39. The first kappa shape index (κ1) is 13.2. The van der Waals surface area contributed by atoms with Crippen LogP contribution in [0.25, 0.3) is 0 Å². The molecule has 0 aliphatic rings. The molecule has 1 aromatic rings. The minimum atomic E-state index is 0.592. The Morgan fingerprint density at radius 1 is 1.25 bits per heavy atom. The van der Waals surface area contributed by atoms with Crippen LogP contribution >= 0.6 is 0 Å². The second-order valence-corrected chi connectivity index (χ2v) is 4.32. The lowest BCUT2D eigenvalue weighted by Gasteiger charge is -2.17. The Morgan fingerprint density at radius 3 is 2.75 bits per heavy atom. The third-order valence-corrected chi connectivity index (χ3v) is 2.77. The summed E-state index contributed by atoms with van der Waals surface area (Å²) < 4.78 is 0. The average molecular weight is 220 g/mol. The van der Waals surface area contributed by atoms with Crippen molar-refractivity contribution < 1.29 is 0 Å². The molecule has 1 N–H and O–H groups in total. The molecule has 1 atom stereocenters. The number of rotatable bonds is 8. The zero-order chi connectivity index (χ0) is 11.6. The lowest BCUT2D eigenvalue weighted by atomic mass is 10.0. The molecule has 1 heterocycles. The number of unbranched alkanes of at least 4 members (excludes halogenated alkanes) is 1. The maximum absolute atomic E-state index is 4.39. The summed E-state index contributed by atoms with van der Waals surface area (Å²) in [4.78, 5) is 4.39. The van der Waals surface area contributed by atoms with Gasteiger partial charge in [0.2, 0.25) is 0 Å². The molecular formula is C14H24N2. The molecule has 0 aromatic carbocycles. The minimum absolute atomic E-state index is 0.592. The Morgan fingerprint density at radius 2 is 2.12 bits per heavy atom. The topological polar surface area (TPSA) is 24.9 Å². The van der Waals surface area contributed by atoms with Gasteiger partial charge in [0, 0.05) is 24.4 Å². The fourth-order valence-corrected chi connectivity index (χ4v) is 1.85. The highest BCUT2D eigenvalue weighted by Gasteiger charge is 2.08. The molecule has 16 heavy (non-hydrogen) atoms. The summed E-state index contributed by atoms with van der Waals surface area (Å²) in [6.45, 7) is 5.57. The summed E-state index contributed by atoms with van der Waals surface area (Å²) >= 11 is 0. The first-order chi connectivity index (χ1) is 7.86. The Bertz CT molecular complexity index is 251. The van der Waals surface area contributed by atoms with Crippen molar-refractivity contribution in [2.24, 2.45) is 0 Å². The zero-order valence-corrected chi connectivity index (χ0v) is 10.6. The van der Waals surface area contributed by atoms with E-state index in [2.05, 4.69) is 36.3 Å². The highest BCUT2D eigenvalue weighted by atomic mass is 14.9. The van der Waals surface area contributed by atoms with Crippen molar-refractivity contribution in [3.05, 3.63) is 30.1 Å². The minimum Gasteiger partial charge on any atom is -0.314 e. The van der Waals surface area contributed by atoms with Crippen molar-refractivity contribution in [1.82, 2.24) is 10.3 Å². The number of nitrogens with one attached hydrogen (secondary N) is 1. The van der Waals surface area contributed by atoms with Crippen LogP contribution in [-0.2, 0) is 6.42 Å². The molecular weight excluding hydrogens is 196 g/mol. The predicted octanol–water partition coefficient (Wildman–Crippen LogP) is 3.18. The van der Waals surface area contributed by atoms with Crippen LogP contribution < -0.4 is 5.32 Å². The fourth-order valence-electron chi connectivity index (χ4n) is 1.85. The van der Waals surface area contributed by atoms with Gasteiger partial charge in [0.1, 0.15) is 0 Å². The molecule has 0 aliphatic carbocycles. The Balaban J connectivity index is 2.42. The molecule has 0 amide bonds. The number of nitrogens with zero attached hydrogens (tertiary/aromatic N) is 1. The lowest BCUT2D eigenvalue weighted by Crippen LogP contribution is -2.32.